The van der Waals surface area contributed by atoms with E-state index >= 15 is 0 Å². The summed E-state index contributed by atoms with van der Waals surface area (Å²) in [6, 6.07) is 4.22. The van der Waals surface area contributed by atoms with Gasteiger partial charge in [-0.3, -0.25) is 0 Å². The van der Waals surface area contributed by atoms with Crippen molar-refractivity contribution in [3.63, 3.8) is 0 Å². The van der Waals surface area contributed by atoms with Crippen LogP contribution in [0, 0.1) is 12.7 Å². The molecule has 0 saturated heterocycles. The highest BCUT2D eigenvalue weighted by atomic mass is 19.1. The quantitative estimate of drug-likeness (QED) is 0.776. The molecule has 0 bridgehead atoms. The lowest BCUT2D eigenvalue weighted by Crippen LogP contribution is -2.16. The van der Waals surface area contributed by atoms with Crippen molar-refractivity contribution in [3.05, 3.63) is 35.1 Å². The number of halogens is 1. The molecule has 0 aliphatic rings. The average molecular weight is 212 g/mol. The fourth-order valence-corrected chi connectivity index (χ4v) is 1.27. The highest BCUT2D eigenvalue weighted by molar-refractivity contribution is 5.76. The molecule has 1 rings (SSSR count). The van der Waals surface area contributed by atoms with E-state index in [9.17, 15) is 14.3 Å². The van der Waals surface area contributed by atoms with Crippen LogP contribution in [0.5, 0.6) is 0 Å². The van der Waals surface area contributed by atoms with Crippen LogP contribution in [0.25, 0.3) is 0 Å². The fraction of sp³-hybridized carbons (Fsp3) is 0.364. The average Bonchev–Trinajstić information content (AvgIpc) is 2.21. The Hall–Kier alpha value is -1.42. The van der Waals surface area contributed by atoms with Crippen LogP contribution < -0.4 is 0 Å². The van der Waals surface area contributed by atoms with Crippen molar-refractivity contribution in [2.45, 2.75) is 20.0 Å². The standard InChI is InChI=1S/C11H13FO3/c1-3-15-11(14)10(13)8-5-4-6-9(12)7(8)2/h4-6,10,13H,3H2,1-2H3. The van der Waals surface area contributed by atoms with Crippen LogP contribution in [0.2, 0.25) is 0 Å². The molecule has 1 aromatic rings. The van der Waals surface area contributed by atoms with Gasteiger partial charge in [0.05, 0.1) is 6.61 Å². The van der Waals surface area contributed by atoms with Crippen molar-refractivity contribution in [3.8, 4) is 0 Å². The summed E-state index contributed by atoms with van der Waals surface area (Å²) in [6.45, 7) is 3.33. The molecule has 0 radical (unpaired) electrons. The van der Waals surface area contributed by atoms with Crippen LogP contribution in [0.15, 0.2) is 18.2 Å². The number of esters is 1. The Labute approximate surface area is 87.5 Å². The zero-order valence-electron chi connectivity index (χ0n) is 8.66. The largest absolute Gasteiger partial charge is 0.464 e. The van der Waals surface area contributed by atoms with Crippen LogP contribution in [0.1, 0.15) is 24.2 Å². The number of benzene rings is 1. The van der Waals surface area contributed by atoms with Gasteiger partial charge in [-0.2, -0.15) is 0 Å². The van der Waals surface area contributed by atoms with E-state index in [-0.39, 0.29) is 17.7 Å². The van der Waals surface area contributed by atoms with Gasteiger partial charge in [0.2, 0.25) is 0 Å². The second-order valence-electron chi connectivity index (χ2n) is 3.11. The molecule has 1 unspecified atom stereocenters. The minimum atomic E-state index is -1.42. The van der Waals surface area contributed by atoms with Crippen molar-refractivity contribution in [1.29, 1.82) is 0 Å². The molecule has 1 atom stereocenters. The number of ether oxygens (including phenoxy) is 1. The first-order chi connectivity index (χ1) is 7.07. The van der Waals surface area contributed by atoms with E-state index in [1.54, 1.807) is 6.92 Å². The molecule has 0 aliphatic carbocycles. The molecule has 1 N–H and O–H groups in total. The summed E-state index contributed by atoms with van der Waals surface area (Å²) in [7, 11) is 0. The Bertz CT molecular complexity index is 363. The molecule has 1 aromatic carbocycles. The van der Waals surface area contributed by atoms with Crippen LogP contribution in [-0.4, -0.2) is 17.7 Å². The van der Waals surface area contributed by atoms with Crippen molar-refractivity contribution in [1.82, 2.24) is 0 Å². The second kappa shape index (κ2) is 4.89. The molecule has 0 saturated carbocycles. The predicted octanol–water partition coefficient (Wildman–Crippen LogP) is 1.73. The van der Waals surface area contributed by atoms with Crippen LogP contribution >= 0.6 is 0 Å². The molecule has 0 fully saturated rings. The van der Waals surface area contributed by atoms with Crippen LogP contribution in [0.4, 0.5) is 4.39 Å². The zero-order chi connectivity index (χ0) is 11.4. The molecule has 15 heavy (non-hydrogen) atoms. The van der Waals surface area contributed by atoms with Gasteiger partial charge in [-0.1, -0.05) is 12.1 Å². The fourth-order valence-electron chi connectivity index (χ4n) is 1.27. The maximum Gasteiger partial charge on any atom is 0.339 e. The van der Waals surface area contributed by atoms with Gasteiger partial charge in [0.15, 0.2) is 6.10 Å². The zero-order valence-corrected chi connectivity index (χ0v) is 8.66. The summed E-state index contributed by atoms with van der Waals surface area (Å²) in [5, 5.41) is 9.58. The van der Waals surface area contributed by atoms with E-state index in [1.807, 2.05) is 0 Å². The molecule has 0 amide bonds. The first-order valence-corrected chi connectivity index (χ1v) is 4.67. The highest BCUT2D eigenvalue weighted by Gasteiger charge is 2.21. The Morgan fingerprint density at radius 3 is 2.87 bits per heavy atom. The predicted molar refractivity (Wildman–Crippen MR) is 52.7 cm³/mol. The summed E-state index contributed by atoms with van der Waals surface area (Å²) in [5.74, 6) is -1.21. The lowest BCUT2D eigenvalue weighted by Gasteiger charge is -2.12. The molecule has 3 nitrogen and oxygen atoms in total. The van der Waals surface area contributed by atoms with E-state index in [1.165, 1.54) is 25.1 Å². The number of carbonyl (C=O) groups excluding carboxylic acids is 1. The first-order valence-electron chi connectivity index (χ1n) is 4.67. The summed E-state index contributed by atoms with van der Waals surface area (Å²) < 4.78 is 17.8. The van der Waals surface area contributed by atoms with Crippen LogP contribution in [-0.2, 0) is 9.53 Å². The Morgan fingerprint density at radius 1 is 1.60 bits per heavy atom. The monoisotopic (exact) mass is 212 g/mol. The van der Waals surface area contributed by atoms with Gasteiger partial charge in [-0.25, -0.2) is 9.18 Å². The Kier molecular flexibility index (Phi) is 3.80. The number of aliphatic hydroxyl groups excluding tert-OH is 1. The lowest BCUT2D eigenvalue weighted by molar-refractivity contribution is -0.153. The molecule has 0 aromatic heterocycles. The third-order valence-corrected chi connectivity index (χ3v) is 2.11. The summed E-state index contributed by atoms with van der Waals surface area (Å²) >= 11 is 0. The van der Waals surface area contributed by atoms with Crippen molar-refractivity contribution in [2.24, 2.45) is 0 Å². The van der Waals surface area contributed by atoms with Gasteiger partial charge in [0, 0.05) is 0 Å². The Balaban J connectivity index is 2.96. The van der Waals surface area contributed by atoms with E-state index < -0.39 is 17.9 Å². The number of hydrogen-bond donors (Lipinski definition) is 1. The lowest BCUT2D eigenvalue weighted by atomic mass is 10.0. The molecule has 0 spiro atoms. The number of rotatable bonds is 3. The van der Waals surface area contributed by atoms with E-state index in [2.05, 4.69) is 4.74 Å². The molecular formula is C11H13FO3. The van der Waals surface area contributed by atoms with E-state index in [4.69, 9.17) is 0 Å². The minimum Gasteiger partial charge on any atom is -0.464 e. The topological polar surface area (TPSA) is 46.5 Å². The summed E-state index contributed by atoms with van der Waals surface area (Å²) in [5.41, 5.74) is 0.506. The second-order valence-corrected chi connectivity index (χ2v) is 3.11. The summed E-state index contributed by atoms with van der Waals surface area (Å²) in [6.07, 6.45) is -1.42. The third-order valence-electron chi connectivity index (χ3n) is 2.11. The summed E-state index contributed by atoms with van der Waals surface area (Å²) in [4.78, 5) is 11.2. The maximum absolute atomic E-state index is 13.1. The van der Waals surface area contributed by atoms with Gasteiger partial charge in [-0.15, -0.1) is 0 Å². The first kappa shape index (κ1) is 11.7. The highest BCUT2D eigenvalue weighted by Crippen LogP contribution is 2.20. The van der Waals surface area contributed by atoms with Crippen molar-refractivity contribution < 1.29 is 19.0 Å². The molecular weight excluding hydrogens is 199 g/mol. The minimum absolute atomic E-state index is 0.185. The third kappa shape index (κ3) is 2.53. The SMILES string of the molecule is CCOC(=O)C(O)c1cccc(F)c1C. The normalized spacial score (nSPS) is 12.3. The number of carbonyl (C=O) groups is 1. The van der Waals surface area contributed by atoms with Gasteiger partial charge >= 0.3 is 5.97 Å². The van der Waals surface area contributed by atoms with Crippen molar-refractivity contribution >= 4 is 5.97 Å². The van der Waals surface area contributed by atoms with E-state index in [0.29, 0.717) is 0 Å². The molecule has 4 heteroatoms. The van der Waals surface area contributed by atoms with Gasteiger partial charge < -0.3 is 9.84 Å². The van der Waals surface area contributed by atoms with Crippen molar-refractivity contribution in [2.75, 3.05) is 6.61 Å². The number of hydrogen-bond acceptors (Lipinski definition) is 3. The smallest absolute Gasteiger partial charge is 0.339 e. The molecule has 82 valence electrons. The van der Waals surface area contributed by atoms with Gasteiger partial charge in [-0.05, 0) is 31.0 Å². The van der Waals surface area contributed by atoms with Gasteiger partial charge in [0.1, 0.15) is 5.82 Å². The number of aliphatic hydroxyl groups is 1. The maximum atomic E-state index is 13.1. The van der Waals surface area contributed by atoms with Crippen LogP contribution in [0.3, 0.4) is 0 Å². The van der Waals surface area contributed by atoms with E-state index in [0.717, 1.165) is 0 Å². The molecule has 0 aliphatic heterocycles. The molecule has 0 heterocycles. The Morgan fingerprint density at radius 2 is 2.27 bits per heavy atom. The van der Waals surface area contributed by atoms with Gasteiger partial charge in [0.25, 0.3) is 0 Å².